The summed E-state index contributed by atoms with van der Waals surface area (Å²) in [4.78, 5) is 10.6. The number of hydrogen-bond acceptors (Lipinski definition) is 6. The van der Waals surface area contributed by atoms with E-state index in [4.69, 9.17) is 10.00 Å². The lowest BCUT2D eigenvalue weighted by atomic mass is 10.1. The molecule has 1 heterocycles. The molecule has 2 rings (SSSR count). The van der Waals surface area contributed by atoms with Crippen LogP contribution in [-0.4, -0.2) is 36.8 Å². The van der Waals surface area contributed by atoms with Gasteiger partial charge in [-0.3, -0.25) is 10.1 Å². The van der Waals surface area contributed by atoms with Gasteiger partial charge < -0.3 is 15.4 Å². The number of benzene rings is 1. The van der Waals surface area contributed by atoms with Crippen LogP contribution in [0.25, 0.3) is 0 Å². The highest BCUT2D eigenvalue weighted by molar-refractivity contribution is 5.64. The van der Waals surface area contributed by atoms with Gasteiger partial charge in [0.2, 0.25) is 0 Å². The Balaban J connectivity index is 2.04. The van der Waals surface area contributed by atoms with Gasteiger partial charge in [0.1, 0.15) is 5.69 Å². The molecule has 0 aliphatic carbocycles. The second-order valence-corrected chi connectivity index (χ2v) is 5.11. The van der Waals surface area contributed by atoms with Crippen molar-refractivity contribution in [1.29, 1.82) is 5.26 Å². The average molecular weight is 290 g/mol. The highest BCUT2D eigenvalue weighted by atomic mass is 16.6. The first-order valence-corrected chi connectivity index (χ1v) is 6.86. The number of anilines is 1. The van der Waals surface area contributed by atoms with Crippen molar-refractivity contribution >= 4 is 11.4 Å². The molecule has 0 aromatic heterocycles. The van der Waals surface area contributed by atoms with E-state index in [1.165, 1.54) is 6.07 Å². The molecule has 112 valence electrons. The summed E-state index contributed by atoms with van der Waals surface area (Å²) >= 11 is 0. The molecular formula is C14H18N4O3. The van der Waals surface area contributed by atoms with Crippen LogP contribution in [0.5, 0.6) is 0 Å². The summed E-state index contributed by atoms with van der Waals surface area (Å²) < 4.78 is 5.39. The summed E-state index contributed by atoms with van der Waals surface area (Å²) in [7, 11) is 0. The minimum Gasteiger partial charge on any atom is -0.379 e. The predicted octanol–water partition coefficient (Wildman–Crippen LogP) is 1.65. The third-order valence-electron chi connectivity index (χ3n) is 3.36. The van der Waals surface area contributed by atoms with Gasteiger partial charge in [-0.15, -0.1) is 0 Å². The van der Waals surface area contributed by atoms with Crippen molar-refractivity contribution in [1.82, 2.24) is 5.32 Å². The molecular weight excluding hydrogens is 272 g/mol. The summed E-state index contributed by atoms with van der Waals surface area (Å²) in [5.41, 5.74) is 0.638. The number of nitrogens with one attached hydrogen (secondary N) is 2. The van der Waals surface area contributed by atoms with Crippen LogP contribution in [0.3, 0.4) is 0 Å². The number of ether oxygens (including phenoxy) is 1. The van der Waals surface area contributed by atoms with E-state index in [1.807, 2.05) is 13.0 Å². The molecule has 21 heavy (non-hydrogen) atoms. The fraction of sp³-hybridized carbons (Fsp3) is 0.500. The zero-order chi connectivity index (χ0) is 15.2. The maximum atomic E-state index is 11.1. The molecule has 2 unspecified atom stereocenters. The molecule has 1 fully saturated rings. The molecule has 0 saturated carbocycles. The van der Waals surface area contributed by atoms with Gasteiger partial charge in [-0.25, -0.2) is 0 Å². The van der Waals surface area contributed by atoms with Crippen LogP contribution in [0, 0.1) is 21.4 Å². The number of morpholine rings is 1. The van der Waals surface area contributed by atoms with Crippen LogP contribution in [0.4, 0.5) is 11.4 Å². The van der Waals surface area contributed by atoms with E-state index in [2.05, 4.69) is 10.6 Å². The van der Waals surface area contributed by atoms with Crippen LogP contribution >= 0.6 is 0 Å². The summed E-state index contributed by atoms with van der Waals surface area (Å²) in [5.74, 6) is 0. The van der Waals surface area contributed by atoms with Gasteiger partial charge in [-0.2, -0.15) is 5.26 Å². The van der Waals surface area contributed by atoms with E-state index in [1.54, 1.807) is 12.1 Å². The Hall–Kier alpha value is -2.17. The van der Waals surface area contributed by atoms with Crippen molar-refractivity contribution in [3.05, 3.63) is 33.9 Å². The standard InChI is InChI=1S/C14H18N4O3/c1-10(6-12-9-21-5-4-16-12)17-13-3-2-11(8-15)7-14(13)18(19)20/h2-3,7,10,12,16-17H,4-6,9H2,1H3. The molecule has 2 N–H and O–H groups in total. The zero-order valence-electron chi connectivity index (χ0n) is 11.8. The normalized spacial score (nSPS) is 19.5. The Morgan fingerprint density at radius 2 is 2.48 bits per heavy atom. The van der Waals surface area contributed by atoms with Crippen LogP contribution < -0.4 is 10.6 Å². The van der Waals surface area contributed by atoms with E-state index in [-0.39, 0.29) is 23.3 Å². The molecule has 0 bridgehead atoms. The molecule has 1 aliphatic rings. The smallest absolute Gasteiger partial charge is 0.293 e. The first-order chi connectivity index (χ1) is 10.1. The van der Waals surface area contributed by atoms with E-state index < -0.39 is 4.92 Å². The average Bonchev–Trinajstić information content (AvgIpc) is 2.48. The molecule has 0 spiro atoms. The molecule has 1 saturated heterocycles. The molecule has 1 aromatic rings. The van der Waals surface area contributed by atoms with Crippen molar-refractivity contribution in [3.63, 3.8) is 0 Å². The molecule has 1 aromatic carbocycles. The maximum Gasteiger partial charge on any atom is 0.293 e. The Labute approximate surface area is 123 Å². The van der Waals surface area contributed by atoms with Crippen molar-refractivity contribution < 1.29 is 9.66 Å². The second kappa shape index (κ2) is 7.02. The lowest BCUT2D eigenvalue weighted by Gasteiger charge is -2.27. The topological polar surface area (TPSA) is 100 Å². The Morgan fingerprint density at radius 1 is 1.67 bits per heavy atom. The van der Waals surface area contributed by atoms with E-state index in [0.29, 0.717) is 12.3 Å². The summed E-state index contributed by atoms with van der Waals surface area (Å²) in [6.07, 6.45) is 0.803. The van der Waals surface area contributed by atoms with Gasteiger partial charge in [0.25, 0.3) is 5.69 Å². The number of rotatable bonds is 5. The van der Waals surface area contributed by atoms with Crippen LogP contribution in [0.15, 0.2) is 18.2 Å². The summed E-state index contributed by atoms with van der Waals surface area (Å²) in [6, 6.07) is 6.65. The van der Waals surface area contributed by atoms with Gasteiger partial charge in [0, 0.05) is 24.7 Å². The van der Waals surface area contributed by atoms with Crippen LogP contribution in [0.1, 0.15) is 18.9 Å². The van der Waals surface area contributed by atoms with Gasteiger partial charge in [0.05, 0.1) is 29.8 Å². The molecule has 2 atom stereocenters. The largest absolute Gasteiger partial charge is 0.379 e. The molecule has 7 nitrogen and oxygen atoms in total. The van der Waals surface area contributed by atoms with Crippen molar-refractivity contribution in [2.24, 2.45) is 0 Å². The van der Waals surface area contributed by atoms with Gasteiger partial charge in [0.15, 0.2) is 0 Å². The molecule has 7 heteroatoms. The molecule has 0 radical (unpaired) electrons. The third-order valence-corrected chi connectivity index (χ3v) is 3.36. The van der Waals surface area contributed by atoms with Crippen molar-refractivity contribution in [2.45, 2.75) is 25.4 Å². The lowest BCUT2D eigenvalue weighted by Crippen LogP contribution is -2.43. The second-order valence-electron chi connectivity index (χ2n) is 5.11. The Kier molecular flexibility index (Phi) is 5.09. The number of hydrogen-bond donors (Lipinski definition) is 2. The highest BCUT2D eigenvalue weighted by Gasteiger charge is 2.20. The van der Waals surface area contributed by atoms with Gasteiger partial charge in [-0.1, -0.05) is 0 Å². The summed E-state index contributed by atoms with van der Waals surface area (Å²) in [5, 5.41) is 26.4. The molecule has 1 aliphatic heterocycles. The van der Waals surface area contributed by atoms with Gasteiger partial charge in [-0.05, 0) is 25.5 Å². The van der Waals surface area contributed by atoms with Crippen molar-refractivity contribution in [2.75, 3.05) is 25.1 Å². The van der Waals surface area contributed by atoms with E-state index >= 15 is 0 Å². The first-order valence-electron chi connectivity index (χ1n) is 6.86. The monoisotopic (exact) mass is 290 g/mol. The van der Waals surface area contributed by atoms with Gasteiger partial charge >= 0.3 is 0 Å². The zero-order valence-corrected chi connectivity index (χ0v) is 11.8. The number of nitrogens with zero attached hydrogens (tertiary/aromatic N) is 2. The minimum atomic E-state index is -0.474. The fourth-order valence-corrected chi connectivity index (χ4v) is 2.40. The van der Waals surface area contributed by atoms with E-state index in [9.17, 15) is 10.1 Å². The first kappa shape index (κ1) is 15.2. The number of nitriles is 1. The Morgan fingerprint density at radius 3 is 3.10 bits per heavy atom. The predicted molar refractivity (Wildman–Crippen MR) is 78.1 cm³/mol. The SMILES string of the molecule is CC(CC1COCCN1)Nc1ccc(C#N)cc1[N+](=O)[O-]. The number of nitro benzene ring substituents is 1. The fourth-order valence-electron chi connectivity index (χ4n) is 2.40. The van der Waals surface area contributed by atoms with Crippen molar-refractivity contribution in [3.8, 4) is 6.07 Å². The number of nitro groups is 1. The Bertz CT molecular complexity index is 550. The molecule has 0 amide bonds. The van der Waals surface area contributed by atoms with Crippen LogP contribution in [-0.2, 0) is 4.74 Å². The highest BCUT2D eigenvalue weighted by Crippen LogP contribution is 2.26. The van der Waals surface area contributed by atoms with E-state index in [0.717, 1.165) is 19.6 Å². The minimum absolute atomic E-state index is 0.0517. The lowest BCUT2D eigenvalue weighted by molar-refractivity contribution is -0.384. The quantitative estimate of drug-likeness (QED) is 0.631. The maximum absolute atomic E-state index is 11.1. The third kappa shape index (κ3) is 4.15. The summed E-state index contributed by atoms with van der Waals surface area (Å²) in [6.45, 7) is 4.17. The van der Waals surface area contributed by atoms with Crippen LogP contribution in [0.2, 0.25) is 0 Å².